The SMILES string of the molecule is CNc1nc(C(C)C)cc(N2CCc3ccccc3C2)n1. The molecular weight excluding hydrogens is 260 g/mol. The van der Waals surface area contributed by atoms with Crippen molar-refractivity contribution in [2.75, 3.05) is 23.8 Å². The Balaban J connectivity index is 1.92. The molecule has 2 aromatic rings. The number of benzene rings is 1. The van der Waals surface area contributed by atoms with Crippen LogP contribution in [0.2, 0.25) is 0 Å². The van der Waals surface area contributed by atoms with Crippen LogP contribution in [0.5, 0.6) is 0 Å². The Morgan fingerprint density at radius 1 is 1.14 bits per heavy atom. The van der Waals surface area contributed by atoms with E-state index in [0.717, 1.165) is 31.0 Å². The van der Waals surface area contributed by atoms with E-state index in [2.05, 4.69) is 64.4 Å². The van der Waals surface area contributed by atoms with Gasteiger partial charge in [-0.2, -0.15) is 4.98 Å². The topological polar surface area (TPSA) is 41.1 Å². The second-order valence-electron chi connectivity index (χ2n) is 5.82. The predicted octanol–water partition coefficient (Wildman–Crippen LogP) is 3.20. The van der Waals surface area contributed by atoms with Crippen LogP contribution in [0.3, 0.4) is 0 Å². The van der Waals surface area contributed by atoms with Crippen molar-refractivity contribution >= 4 is 11.8 Å². The Labute approximate surface area is 126 Å². The molecule has 0 amide bonds. The Kier molecular flexibility index (Phi) is 3.78. The lowest BCUT2D eigenvalue weighted by molar-refractivity contribution is 0.714. The van der Waals surface area contributed by atoms with Gasteiger partial charge in [-0.25, -0.2) is 4.98 Å². The summed E-state index contributed by atoms with van der Waals surface area (Å²) in [5.41, 5.74) is 3.95. The summed E-state index contributed by atoms with van der Waals surface area (Å²) < 4.78 is 0. The van der Waals surface area contributed by atoms with E-state index in [9.17, 15) is 0 Å². The van der Waals surface area contributed by atoms with Gasteiger partial charge >= 0.3 is 0 Å². The fourth-order valence-corrected chi connectivity index (χ4v) is 2.71. The highest BCUT2D eigenvalue weighted by atomic mass is 15.2. The van der Waals surface area contributed by atoms with Crippen molar-refractivity contribution < 1.29 is 0 Å². The first-order chi connectivity index (χ1) is 10.2. The van der Waals surface area contributed by atoms with Crippen LogP contribution in [0, 0.1) is 0 Å². The van der Waals surface area contributed by atoms with Crippen LogP contribution in [0.1, 0.15) is 36.6 Å². The molecule has 3 rings (SSSR count). The van der Waals surface area contributed by atoms with Gasteiger partial charge in [-0.1, -0.05) is 38.1 Å². The van der Waals surface area contributed by atoms with Crippen LogP contribution in [-0.4, -0.2) is 23.6 Å². The number of nitrogens with one attached hydrogen (secondary N) is 1. The van der Waals surface area contributed by atoms with Crippen molar-refractivity contribution in [3.8, 4) is 0 Å². The second-order valence-corrected chi connectivity index (χ2v) is 5.82. The number of nitrogens with zero attached hydrogens (tertiary/aromatic N) is 3. The summed E-state index contributed by atoms with van der Waals surface area (Å²) in [5, 5.41) is 3.07. The highest BCUT2D eigenvalue weighted by Crippen LogP contribution is 2.26. The Hall–Kier alpha value is -2.10. The van der Waals surface area contributed by atoms with Gasteiger partial charge in [0, 0.05) is 26.2 Å². The van der Waals surface area contributed by atoms with E-state index in [1.165, 1.54) is 11.1 Å². The molecule has 1 aromatic heterocycles. The van der Waals surface area contributed by atoms with Crippen molar-refractivity contribution in [3.63, 3.8) is 0 Å². The molecule has 2 heterocycles. The quantitative estimate of drug-likeness (QED) is 0.938. The molecule has 110 valence electrons. The number of anilines is 2. The molecule has 0 saturated heterocycles. The zero-order valence-electron chi connectivity index (χ0n) is 12.9. The summed E-state index contributed by atoms with van der Waals surface area (Å²) in [6.45, 7) is 6.26. The third kappa shape index (κ3) is 2.84. The molecule has 0 fully saturated rings. The van der Waals surface area contributed by atoms with E-state index in [-0.39, 0.29) is 0 Å². The fraction of sp³-hybridized carbons (Fsp3) is 0.412. The third-order valence-corrected chi connectivity index (χ3v) is 4.00. The highest BCUT2D eigenvalue weighted by molar-refractivity contribution is 5.48. The number of fused-ring (bicyclic) bond motifs is 1. The van der Waals surface area contributed by atoms with Gasteiger partial charge in [0.15, 0.2) is 0 Å². The maximum Gasteiger partial charge on any atom is 0.224 e. The molecule has 1 aliphatic rings. The smallest absolute Gasteiger partial charge is 0.224 e. The summed E-state index contributed by atoms with van der Waals surface area (Å²) in [6, 6.07) is 10.8. The molecule has 1 aromatic carbocycles. The zero-order chi connectivity index (χ0) is 14.8. The van der Waals surface area contributed by atoms with E-state index in [0.29, 0.717) is 11.9 Å². The molecule has 0 atom stereocenters. The van der Waals surface area contributed by atoms with Crippen LogP contribution in [0.15, 0.2) is 30.3 Å². The summed E-state index contributed by atoms with van der Waals surface area (Å²) in [4.78, 5) is 11.5. The molecule has 0 bridgehead atoms. The van der Waals surface area contributed by atoms with E-state index >= 15 is 0 Å². The zero-order valence-corrected chi connectivity index (χ0v) is 12.9. The fourth-order valence-electron chi connectivity index (χ4n) is 2.71. The summed E-state index contributed by atoms with van der Waals surface area (Å²) in [7, 11) is 1.87. The standard InChI is InChI=1S/C17H22N4/c1-12(2)15-10-16(20-17(18-3)19-15)21-9-8-13-6-4-5-7-14(13)11-21/h4-7,10,12H,8-9,11H2,1-3H3,(H,18,19,20). The number of hydrogen-bond acceptors (Lipinski definition) is 4. The number of rotatable bonds is 3. The predicted molar refractivity (Wildman–Crippen MR) is 86.9 cm³/mol. The molecule has 0 unspecified atom stereocenters. The van der Waals surface area contributed by atoms with Gasteiger partial charge in [-0.3, -0.25) is 0 Å². The first-order valence-electron chi connectivity index (χ1n) is 7.56. The minimum atomic E-state index is 0.399. The lowest BCUT2D eigenvalue weighted by atomic mass is 10.00. The van der Waals surface area contributed by atoms with E-state index < -0.39 is 0 Å². The largest absolute Gasteiger partial charge is 0.357 e. The van der Waals surface area contributed by atoms with Crippen LogP contribution in [-0.2, 0) is 13.0 Å². The van der Waals surface area contributed by atoms with Gasteiger partial charge in [-0.05, 0) is 23.5 Å². The summed E-state index contributed by atoms with van der Waals surface area (Å²) in [6.07, 6.45) is 1.08. The Morgan fingerprint density at radius 2 is 1.90 bits per heavy atom. The highest BCUT2D eigenvalue weighted by Gasteiger charge is 2.18. The maximum absolute atomic E-state index is 4.63. The van der Waals surface area contributed by atoms with Gasteiger partial charge in [-0.15, -0.1) is 0 Å². The van der Waals surface area contributed by atoms with Crippen LogP contribution in [0.4, 0.5) is 11.8 Å². The normalized spacial score (nSPS) is 14.2. The molecule has 1 N–H and O–H groups in total. The van der Waals surface area contributed by atoms with Gasteiger partial charge in [0.25, 0.3) is 0 Å². The van der Waals surface area contributed by atoms with Crippen molar-refractivity contribution in [2.45, 2.75) is 32.7 Å². The number of hydrogen-bond donors (Lipinski definition) is 1. The molecule has 0 saturated carbocycles. The molecule has 4 heteroatoms. The molecular formula is C17H22N4. The van der Waals surface area contributed by atoms with E-state index in [1.54, 1.807) is 0 Å². The Morgan fingerprint density at radius 3 is 2.62 bits per heavy atom. The van der Waals surface area contributed by atoms with Crippen molar-refractivity contribution in [2.24, 2.45) is 0 Å². The molecule has 21 heavy (non-hydrogen) atoms. The lowest BCUT2D eigenvalue weighted by Crippen LogP contribution is -2.31. The second kappa shape index (κ2) is 5.72. The van der Waals surface area contributed by atoms with E-state index in [4.69, 9.17) is 0 Å². The third-order valence-electron chi connectivity index (χ3n) is 4.00. The molecule has 0 aliphatic carbocycles. The summed E-state index contributed by atoms with van der Waals surface area (Å²) in [5.74, 6) is 2.12. The maximum atomic E-state index is 4.63. The molecule has 0 spiro atoms. The average molecular weight is 282 g/mol. The van der Waals surface area contributed by atoms with Gasteiger partial charge < -0.3 is 10.2 Å². The van der Waals surface area contributed by atoms with Gasteiger partial charge in [0.1, 0.15) is 5.82 Å². The molecule has 4 nitrogen and oxygen atoms in total. The van der Waals surface area contributed by atoms with E-state index in [1.807, 2.05) is 7.05 Å². The van der Waals surface area contributed by atoms with Crippen molar-refractivity contribution in [1.29, 1.82) is 0 Å². The van der Waals surface area contributed by atoms with Crippen LogP contribution in [0.25, 0.3) is 0 Å². The van der Waals surface area contributed by atoms with Crippen molar-refractivity contribution in [3.05, 3.63) is 47.2 Å². The monoisotopic (exact) mass is 282 g/mol. The average Bonchev–Trinajstić information content (AvgIpc) is 2.53. The summed E-state index contributed by atoms with van der Waals surface area (Å²) >= 11 is 0. The Bertz CT molecular complexity index is 636. The first kappa shape index (κ1) is 13.9. The van der Waals surface area contributed by atoms with Crippen LogP contribution >= 0.6 is 0 Å². The van der Waals surface area contributed by atoms with Gasteiger partial charge in [0.2, 0.25) is 5.95 Å². The lowest BCUT2D eigenvalue weighted by Gasteiger charge is -2.30. The number of aromatic nitrogens is 2. The minimum Gasteiger partial charge on any atom is -0.357 e. The van der Waals surface area contributed by atoms with Crippen LogP contribution < -0.4 is 10.2 Å². The molecule has 0 radical (unpaired) electrons. The molecule has 1 aliphatic heterocycles. The van der Waals surface area contributed by atoms with Crippen molar-refractivity contribution in [1.82, 2.24) is 9.97 Å². The first-order valence-corrected chi connectivity index (χ1v) is 7.56. The minimum absolute atomic E-state index is 0.399. The van der Waals surface area contributed by atoms with Gasteiger partial charge in [0.05, 0.1) is 5.69 Å².